The van der Waals surface area contributed by atoms with Crippen molar-refractivity contribution in [2.75, 3.05) is 31.1 Å². The standard InChI is InChI=1S/C38H52N2O2/c1-7-40(8-2)36-24-23-32(27-35(36)38(4,5)6)34-26-31(28-17-20-30(21-18-28)37(41)42-9-3)22-19-29(34)14-13-25-39-33-15-11-10-12-16-33/h17-24,26-27,33,39H,7-16,25H2,1-6H3. The number of anilines is 1. The molecule has 42 heavy (non-hydrogen) atoms. The van der Waals surface area contributed by atoms with Crippen LogP contribution in [0.25, 0.3) is 22.3 Å². The van der Waals surface area contributed by atoms with Gasteiger partial charge in [0.25, 0.3) is 0 Å². The minimum Gasteiger partial charge on any atom is -0.462 e. The van der Waals surface area contributed by atoms with E-state index in [1.807, 2.05) is 31.2 Å². The van der Waals surface area contributed by atoms with Crippen molar-refractivity contribution in [2.45, 2.75) is 97.9 Å². The zero-order valence-corrected chi connectivity index (χ0v) is 26.9. The van der Waals surface area contributed by atoms with Crippen molar-refractivity contribution in [1.82, 2.24) is 5.32 Å². The molecule has 0 saturated heterocycles. The zero-order valence-electron chi connectivity index (χ0n) is 26.9. The molecule has 0 spiro atoms. The highest BCUT2D eigenvalue weighted by atomic mass is 16.5. The van der Waals surface area contributed by atoms with Gasteiger partial charge in [-0.05, 0) is 122 Å². The maximum atomic E-state index is 12.2. The van der Waals surface area contributed by atoms with Crippen LogP contribution in [-0.4, -0.2) is 38.3 Å². The highest BCUT2D eigenvalue weighted by molar-refractivity contribution is 5.90. The molecular weight excluding hydrogens is 516 g/mol. The van der Waals surface area contributed by atoms with Gasteiger partial charge in [0, 0.05) is 24.8 Å². The van der Waals surface area contributed by atoms with Crippen LogP contribution in [0, 0.1) is 0 Å². The lowest BCUT2D eigenvalue weighted by molar-refractivity contribution is 0.0526. The van der Waals surface area contributed by atoms with Crippen LogP contribution in [-0.2, 0) is 16.6 Å². The minimum absolute atomic E-state index is 0.0263. The first-order valence-electron chi connectivity index (χ1n) is 16.3. The van der Waals surface area contributed by atoms with Gasteiger partial charge in [0.05, 0.1) is 12.2 Å². The Morgan fingerprint density at radius 2 is 1.52 bits per heavy atom. The number of hydrogen-bond donors (Lipinski definition) is 1. The zero-order chi connectivity index (χ0) is 30.1. The minimum atomic E-state index is -0.273. The fraction of sp³-hybridized carbons (Fsp3) is 0.500. The molecule has 0 amide bonds. The average molecular weight is 569 g/mol. The maximum Gasteiger partial charge on any atom is 0.338 e. The lowest BCUT2D eigenvalue weighted by Crippen LogP contribution is -2.31. The summed E-state index contributed by atoms with van der Waals surface area (Å²) in [6.45, 7) is 16.7. The number of carbonyl (C=O) groups is 1. The van der Waals surface area contributed by atoms with Crippen molar-refractivity contribution in [3.63, 3.8) is 0 Å². The van der Waals surface area contributed by atoms with E-state index >= 15 is 0 Å². The summed E-state index contributed by atoms with van der Waals surface area (Å²) in [7, 11) is 0. The third-order valence-corrected chi connectivity index (χ3v) is 8.72. The molecule has 0 aromatic heterocycles. The van der Waals surface area contributed by atoms with E-state index in [4.69, 9.17) is 4.74 Å². The van der Waals surface area contributed by atoms with E-state index in [0.29, 0.717) is 18.2 Å². The second-order valence-corrected chi connectivity index (χ2v) is 12.7. The Bertz CT molecular complexity index is 1300. The lowest BCUT2D eigenvalue weighted by Gasteiger charge is -2.31. The van der Waals surface area contributed by atoms with Crippen LogP contribution in [0.15, 0.2) is 60.7 Å². The Morgan fingerprint density at radius 1 is 0.857 bits per heavy atom. The van der Waals surface area contributed by atoms with Crippen LogP contribution in [0.3, 0.4) is 0 Å². The summed E-state index contributed by atoms with van der Waals surface area (Å²) < 4.78 is 5.19. The van der Waals surface area contributed by atoms with Gasteiger partial charge in [0.2, 0.25) is 0 Å². The fourth-order valence-electron chi connectivity index (χ4n) is 6.29. The fourth-order valence-corrected chi connectivity index (χ4v) is 6.29. The molecule has 3 aromatic carbocycles. The third-order valence-electron chi connectivity index (χ3n) is 8.72. The highest BCUT2D eigenvalue weighted by Crippen LogP contribution is 2.38. The van der Waals surface area contributed by atoms with Gasteiger partial charge in [-0.25, -0.2) is 4.79 Å². The van der Waals surface area contributed by atoms with Gasteiger partial charge >= 0.3 is 5.97 Å². The molecular formula is C38H52N2O2. The van der Waals surface area contributed by atoms with Crippen molar-refractivity contribution in [3.05, 3.63) is 77.4 Å². The number of nitrogens with zero attached hydrogens (tertiary/aromatic N) is 1. The Kier molecular flexibility index (Phi) is 11.3. The molecule has 4 heteroatoms. The second-order valence-electron chi connectivity index (χ2n) is 12.7. The maximum absolute atomic E-state index is 12.2. The van der Waals surface area contributed by atoms with Gasteiger partial charge in [0.1, 0.15) is 0 Å². The van der Waals surface area contributed by atoms with E-state index in [1.54, 1.807) is 0 Å². The summed E-state index contributed by atoms with van der Waals surface area (Å²) in [5.41, 5.74) is 9.57. The molecule has 0 aliphatic heterocycles. The molecule has 226 valence electrons. The Morgan fingerprint density at radius 3 is 2.17 bits per heavy atom. The predicted octanol–water partition coefficient (Wildman–Crippen LogP) is 9.20. The van der Waals surface area contributed by atoms with Crippen molar-refractivity contribution in [1.29, 1.82) is 0 Å². The van der Waals surface area contributed by atoms with E-state index in [-0.39, 0.29) is 11.4 Å². The van der Waals surface area contributed by atoms with E-state index in [0.717, 1.165) is 43.6 Å². The quantitative estimate of drug-likeness (QED) is 0.175. The van der Waals surface area contributed by atoms with Gasteiger partial charge in [-0.1, -0.05) is 70.4 Å². The highest BCUT2D eigenvalue weighted by Gasteiger charge is 2.22. The monoisotopic (exact) mass is 568 g/mol. The number of esters is 1. The summed E-state index contributed by atoms with van der Waals surface area (Å²) in [6, 6.07) is 22.5. The molecule has 0 heterocycles. The number of benzene rings is 3. The van der Waals surface area contributed by atoms with E-state index < -0.39 is 0 Å². The third kappa shape index (κ3) is 8.04. The van der Waals surface area contributed by atoms with Crippen LogP contribution in [0.4, 0.5) is 5.69 Å². The van der Waals surface area contributed by atoms with Gasteiger partial charge in [-0.2, -0.15) is 0 Å². The number of nitrogens with one attached hydrogen (secondary N) is 1. The number of rotatable bonds is 12. The predicted molar refractivity (Wildman–Crippen MR) is 179 cm³/mol. The smallest absolute Gasteiger partial charge is 0.338 e. The molecule has 0 bridgehead atoms. The number of aryl methyl sites for hydroxylation is 1. The van der Waals surface area contributed by atoms with Crippen LogP contribution in [0.5, 0.6) is 0 Å². The normalized spacial score (nSPS) is 14.1. The topological polar surface area (TPSA) is 41.6 Å². The molecule has 4 rings (SSSR count). The van der Waals surface area contributed by atoms with Crippen LogP contribution in [0.2, 0.25) is 0 Å². The molecule has 1 N–H and O–H groups in total. The molecule has 3 aromatic rings. The Labute approximate surface area is 254 Å². The molecule has 1 aliphatic carbocycles. The lowest BCUT2D eigenvalue weighted by atomic mass is 9.82. The summed E-state index contributed by atoms with van der Waals surface area (Å²) in [6.07, 6.45) is 8.93. The Hall–Kier alpha value is -3.11. The van der Waals surface area contributed by atoms with Crippen LogP contribution in [0.1, 0.15) is 102 Å². The Balaban J connectivity index is 1.68. The molecule has 1 aliphatic rings. The first kappa shape index (κ1) is 31.8. The summed E-state index contributed by atoms with van der Waals surface area (Å²) in [5, 5.41) is 3.83. The summed E-state index contributed by atoms with van der Waals surface area (Å²) in [5.74, 6) is -0.273. The first-order valence-corrected chi connectivity index (χ1v) is 16.3. The van der Waals surface area contributed by atoms with Gasteiger partial charge in [-0.15, -0.1) is 0 Å². The second kappa shape index (κ2) is 14.9. The number of carbonyl (C=O) groups excluding carboxylic acids is 1. The van der Waals surface area contributed by atoms with Crippen molar-refractivity contribution in [3.8, 4) is 22.3 Å². The summed E-state index contributed by atoms with van der Waals surface area (Å²) in [4.78, 5) is 14.7. The first-order chi connectivity index (χ1) is 20.2. The number of ether oxygens (including phenoxy) is 1. The molecule has 0 radical (unpaired) electrons. The SMILES string of the molecule is CCOC(=O)c1ccc(-c2ccc(CCCNC3CCCCC3)c(-c3ccc(N(CC)CC)c(C(C)(C)C)c3)c2)cc1. The van der Waals surface area contributed by atoms with E-state index in [9.17, 15) is 4.79 Å². The van der Waals surface area contributed by atoms with Crippen LogP contribution >= 0.6 is 0 Å². The van der Waals surface area contributed by atoms with Crippen molar-refractivity contribution >= 4 is 11.7 Å². The van der Waals surface area contributed by atoms with E-state index in [2.05, 4.69) is 81.2 Å². The molecule has 1 fully saturated rings. The van der Waals surface area contributed by atoms with Crippen molar-refractivity contribution < 1.29 is 9.53 Å². The van der Waals surface area contributed by atoms with E-state index in [1.165, 1.54) is 60.0 Å². The van der Waals surface area contributed by atoms with Gasteiger partial charge in [0.15, 0.2) is 0 Å². The average Bonchev–Trinajstić information content (AvgIpc) is 3.00. The summed E-state index contributed by atoms with van der Waals surface area (Å²) >= 11 is 0. The molecule has 0 atom stereocenters. The van der Waals surface area contributed by atoms with Crippen LogP contribution < -0.4 is 10.2 Å². The van der Waals surface area contributed by atoms with Gasteiger partial charge in [-0.3, -0.25) is 0 Å². The van der Waals surface area contributed by atoms with Gasteiger partial charge < -0.3 is 15.0 Å². The largest absolute Gasteiger partial charge is 0.462 e. The molecule has 1 saturated carbocycles. The molecule has 0 unspecified atom stereocenters. The number of hydrogen-bond acceptors (Lipinski definition) is 4. The van der Waals surface area contributed by atoms with Crippen molar-refractivity contribution in [2.24, 2.45) is 0 Å². The molecule has 4 nitrogen and oxygen atoms in total.